The monoisotopic (exact) mass is 365 g/mol. The molecule has 0 unspecified atom stereocenters. The number of nitrogens with zero attached hydrogens (tertiary/aromatic N) is 3. The van der Waals surface area contributed by atoms with E-state index in [1.807, 2.05) is 38.4 Å². The van der Waals surface area contributed by atoms with Crippen LogP contribution in [-0.2, 0) is 4.79 Å². The molecule has 7 heteroatoms. The van der Waals surface area contributed by atoms with E-state index in [0.29, 0.717) is 16.9 Å². The average Bonchev–Trinajstić information content (AvgIpc) is 3.05. The third-order valence-corrected chi connectivity index (χ3v) is 4.12. The second-order valence-electron chi connectivity index (χ2n) is 7.00. The van der Waals surface area contributed by atoms with Gasteiger partial charge in [-0.2, -0.15) is 5.10 Å². The van der Waals surface area contributed by atoms with E-state index >= 15 is 0 Å². The van der Waals surface area contributed by atoms with Crippen LogP contribution in [0.1, 0.15) is 44.1 Å². The van der Waals surface area contributed by atoms with Crippen LogP contribution in [0.15, 0.2) is 42.7 Å². The number of hydrogen-bond acceptors (Lipinski definition) is 4. The van der Waals surface area contributed by atoms with Gasteiger partial charge in [0, 0.05) is 28.6 Å². The molecular weight excluding hydrogens is 342 g/mol. The Balaban J connectivity index is 1.71. The molecule has 0 saturated carbocycles. The molecule has 0 aliphatic carbocycles. The van der Waals surface area contributed by atoms with Crippen molar-refractivity contribution in [1.29, 1.82) is 0 Å². The predicted molar refractivity (Wildman–Crippen MR) is 106 cm³/mol. The average molecular weight is 365 g/mol. The minimum atomic E-state index is -0.242. The second kappa shape index (κ2) is 7.57. The summed E-state index contributed by atoms with van der Waals surface area (Å²) in [6.45, 7) is 7.73. The molecule has 0 saturated heterocycles. The largest absolute Gasteiger partial charge is 0.326 e. The molecule has 0 radical (unpaired) electrons. The molecule has 2 N–H and O–H groups in total. The minimum Gasteiger partial charge on any atom is -0.326 e. The Labute approximate surface area is 157 Å². The van der Waals surface area contributed by atoms with Gasteiger partial charge in [-0.3, -0.25) is 9.59 Å². The number of rotatable bonds is 5. The number of carbonyl (C=O) groups excluding carboxylic acids is 2. The van der Waals surface area contributed by atoms with E-state index in [9.17, 15) is 9.59 Å². The number of amides is 2. The number of carbonyl (C=O) groups is 2. The normalized spacial score (nSPS) is 11.2. The summed E-state index contributed by atoms with van der Waals surface area (Å²) >= 11 is 0. The topological polar surface area (TPSA) is 88.9 Å². The lowest BCUT2D eigenvalue weighted by Gasteiger charge is -2.09. The summed E-state index contributed by atoms with van der Waals surface area (Å²) in [5.74, 6) is -0.405. The first-order valence-electron chi connectivity index (χ1n) is 8.90. The summed E-state index contributed by atoms with van der Waals surface area (Å²) in [5.41, 5.74) is 2.55. The van der Waals surface area contributed by atoms with Crippen LogP contribution in [0.2, 0.25) is 0 Å². The zero-order valence-corrected chi connectivity index (χ0v) is 15.9. The highest BCUT2D eigenvalue weighted by Gasteiger charge is 2.11. The molecule has 140 valence electrons. The molecule has 0 bridgehead atoms. The Kier molecular flexibility index (Phi) is 5.21. The molecule has 0 aliphatic rings. The number of hydrogen-bond donors (Lipinski definition) is 2. The molecule has 0 spiro atoms. The van der Waals surface area contributed by atoms with Crippen molar-refractivity contribution >= 4 is 34.2 Å². The minimum absolute atomic E-state index is 0.0616. The number of benzene rings is 1. The summed E-state index contributed by atoms with van der Waals surface area (Å²) < 4.78 is 1.84. The van der Waals surface area contributed by atoms with Gasteiger partial charge in [0.05, 0.1) is 18.1 Å². The van der Waals surface area contributed by atoms with Gasteiger partial charge in [-0.15, -0.1) is 0 Å². The maximum absolute atomic E-state index is 12.5. The van der Waals surface area contributed by atoms with Crippen LogP contribution in [0.25, 0.3) is 11.0 Å². The molecule has 0 fully saturated rings. The first-order valence-corrected chi connectivity index (χ1v) is 8.90. The zero-order chi connectivity index (χ0) is 19.6. The van der Waals surface area contributed by atoms with Crippen molar-refractivity contribution in [2.24, 2.45) is 5.92 Å². The van der Waals surface area contributed by atoms with Gasteiger partial charge in [-0.25, -0.2) is 9.67 Å². The Hall–Kier alpha value is -3.22. The van der Waals surface area contributed by atoms with Crippen LogP contribution in [-0.4, -0.2) is 26.6 Å². The van der Waals surface area contributed by atoms with E-state index in [1.54, 1.807) is 36.7 Å². The molecule has 2 aromatic heterocycles. The fourth-order valence-electron chi connectivity index (χ4n) is 2.58. The fourth-order valence-corrected chi connectivity index (χ4v) is 2.58. The van der Waals surface area contributed by atoms with Gasteiger partial charge in [-0.1, -0.05) is 13.8 Å². The predicted octanol–water partition coefficient (Wildman–Crippen LogP) is 3.86. The molecule has 3 aromatic rings. The van der Waals surface area contributed by atoms with Gasteiger partial charge in [0.25, 0.3) is 5.91 Å². The molecular formula is C20H23N5O2. The number of anilines is 2. The van der Waals surface area contributed by atoms with Crippen molar-refractivity contribution in [2.75, 3.05) is 10.6 Å². The fraction of sp³-hybridized carbons (Fsp3) is 0.300. The smallest absolute Gasteiger partial charge is 0.255 e. The van der Waals surface area contributed by atoms with Crippen LogP contribution in [0.3, 0.4) is 0 Å². The number of fused-ring (bicyclic) bond motifs is 1. The number of aromatic nitrogens is 3. The molecule has 7 nitrogen and oxygen atoms in total. The summed E-state index contributed by atoms with van der Waals surface area (Å²) in [6.07, 6.45) is 3.36. The van der Waals surface area contributed by atoms with E-state index in [1.165, 1.54) is 0 Å². The molecule has 1 aromatic carbocycles. The highest BCUT2D eigenvalue weighted by molar-refractivity contribution is 6.05. The van der Waals surface area contributed by atoms with Crippen LogP contribution in [0.5, 0.6) is 0 Å². The van der Waals surface area contributed by atoms with E-state index in [4.69, 9.17) is 0 Å². The summed E-state index contributed by atoms with van der Waals surface area (Å²) in [7, 11) is 0. The molecule has 27 heavy (non-hydrogen) atoms. The molecule has 0 aliphatic heterocycles. The Morgan fingerprint density at radius 2 is 1.67 bits per heavy atom. The van der Waals surface area contributed by atoms with E-state index < -0.39 is 0 Å². The van der Waals surface area contributed by atoms with Gasteiger partial charge in [0.2, 0.25) is 5.91 Å². The van der Waals surface area contributed by atoms with Gasteiger partial charge in [0.15, 0.2) is 5.65 Å². The van der Waals surface area contributed by atoms with Crippen molar-refractivity contribution in [3.63, 3.8) is 0 Å². The third-order valence-electron chi connectivity index (χ3n) is 4.12. The molecule has 3 rings (SSSR count). The van der Waals surface area contributed by atoms with Gasteiger partial charge >= 0.3 is 0 Å². The molecule has 2 amide bonds. The highest BCUT2D eigenvalue weighted by atomic mass is 16.2. The Morgan fingerprint density at radius 1 is 0.963 bits per heavy atom. The van der Waals surface area contributed by atoms with Crippen molar-refractivity contribution in [2.45, 2.75) is 33.7 Å². The molecule has 0 atom stereocenters. The van der Waals surface area contributed by atoms with Crippen molar-refractivity contribution in [3.8, 4) is 0 Å². The van der Waals surface area contributed by atoms with Crippen LogP contribution in [0.4, 0.5) is 11.4 Å². The number of pyridine rings is 1. The van der Waals surface area contributed by atoms with Crippen molar-refractivity contribution in [3.05, 3.63) is 48.3 Å². The standard InChI is InChI=1S/C20H23N5O2/c1-12(2)19(26)23-16-7-5-14(6-8-16)20(27)24-17-9-15-10-22-25(13(3)4)18(15)21-11-17/h5-13H,1-4H3,(H,23,26)(H,24,27). The first kappa shape index (κ1) is 18.6. The van der Waals surface area contributed by atoms with Gasteiger partial charge < -0.3 is 10.6 Å². The van der Waals surface area contributed by atoms with Gasteiger partial charge in [0.1, 0.15) is 0 Å². The Bertz CT molecular complexity index is 974. The van der Waals surface area contributed by atoms with E-state index in [2.05, 4.69) is 20.7 Å². The lowest BCUT2D eigenvalue weighted by molar-refractivity contribution is -0.118. The lowest BCUT2D eigenvalue weighted by atomic mass is 10.1. The van der Waals surface area contributed by atoms with Crippen LogP contribution < -0.4 is 10.6 Å². The SMILES string of the molecule is CC(C)C(=O)Nc1ccc(C(=O)Nc2cnc3c(cnn3C(C)C)c2)cc1. The zero-order valence-electron chi connectivity index (χ0n) is 15.9. The van der Waals surface area contributed by atoms with Crippen molar-refractivity contribution < 1.29 is 9.59 Å². The maximum atomic E-state index is 12.5. The third kappa shape index (κ3) is 4.13. The number of nitrogens with one attached hydrogen (secondary N) is 2. The first-order chi connectivity index (χ1) is 12.8. The summed E-state index contributed by atoms with van der Waals surface area (Å²) in [6, 6.07) is 8.84. The maximum Gasteiger partial charge on any atom is 0.255 e. The van der Waals surface area contributed by atoms with Crippen molar-refractivity contribution in [1.82, 2.24) is 14.8 Å². The second-order valence-corrected chi connectivity index (χ2v) is 7.00. The van der Waals surface area contributed by atoms with Crippen LogP contribution in [0, 0.1) is 5.92 Å². The van der Waals surface area contributed by atoms with Gasteiger partial charge in [-0.05, 0) is 44.2 Å². The van der Waals surface area contributed by atoms with Crippen LogP contribution >= 0.6 is 0 Å². The van der Waals surface area contributed by atoms with E-state index in [0.717, 1.165) is 11.0 Å². The summed E-state index contributed by atoms with van der Waals surface area (Å²) in [4.78, 5) is 28.6. The van der Waals surface area contributed by atoms with E-state index in [-0.39, 0.29) is 23.8 Å². The Morgan fingerprint density at radius 3 is 2.30 bits per heavy atom. The quantitative estimate of drug-likeness (QED) is 0.718. The highest BCUT2D eigenvalue weighted by Crippen LogP contribution is 2.20. The lowest BCUT2D eigenvalue weighted by Crippen LogP contribution is -2.18. The summed E-state index contributed by atoms with van der Waals surface area (Å²) in [5, 5.41) is 10.8. The molecule has 2 heterocycles.